The first-order valence-corrected chi connectivity index (χ1v) is 7.64. The molecule has 0 unspecified atom stereocenters. The third-order valence-corrected chi connectivity index (χ3v) is 4.70. The van der Waals surface area contributed by atoms with Crippen LogP contribution in [0.25, 0.3) is 32.7 Å². The molecule has 5 rings (SSSR count). The summed E-state index contributed by atoms with van der Waals surface area (Å²) >= 11 is 0. The Hall–Kier alpha value is -2.60. The average Bonchev–Trinajstić information content (AvgIpc) is 2.59. The van der Waals surface area contributed by atoms with Crippen molar-refractivity contribution in [3.63, 3.8) is 0 Å². The maximum atomic E-state index is 8.84. The largest absolute Gasteiger partial charge is 0.0616 e. The molecule has 22 heavy (non-hydrogen) atoms. The Morgan fingerprint density at radius 2 is 1.59 bits per heavy atom. The third-order valence-electron chi connectivity index (χ3n) is 4.70. The van der Waals surface area contributed by atoms with E-state index in [1.807, 2.05) is 30.3 Å². The van der Waals surface area contributed by atoms with Crippen molar-refractivity contribution < 1.29 is 2.74 Å². The Balaban J connectivity index is 2.02. The topological polar surface area (TPSA) is 0 Å². The molecule has 0 atom stereocenters. The first-order chi connectivity index (χ1) is 11.6. The molecule has 4 aromatic rings. The molecular formula is C22H16. The molecule has 0 nitrogen and oxygen atoms in total. The van der Waals surface area contributed by atoms with Gasteiger partial charge in [-0.2, -0.15) is 0 Å². The van der Waals surface area contributed by atoms with Crippen LogP contribution in [0.1, 0.15) is 19.4 Å². The van der Waals surface area contributed by atoms with E-state index in [4.69, 9.17) is 2.74 Å². The van der Waals surface area contributed by atoms with Crippen LogP contribution in [0, 0.1) is 6.92 Å². The Labute approximate surface area is 132 Å². The van der Waals surface area contributed by atoms with Crippen LogP contribution in [0.5, 0.6) is 0 Å². The first kappa shape index (κ1) is 10.2. The van der Waals surface area contributed by atoms with Gasteiger partial charge in [-0.15, -0.1) is 0 Å². The lowest BCUT2D eigenvalue weighted by Crippen LogP contribution is -2.02. The second-order valence-corrected chi connectivity index (χ2v) is 6.03. The van der Waals surface area contributed by atoms with Gasteiger partial charge < -0.3 is 0 Å². The van der Waals surface area contributed by atoms with Crippen molar-refractivity contribution in [1.82, 2.24) is 0 Å². The van der Waals surface area contributed by atoms with Crippen LogP contribution in [0.15, 0.2) is 66.7 Å². The van der Waals surface area contributed by atoms with Gasteiger partial charge in [-0.25, -0.2) is 0 Å². The quantitative estimate of drug-likeness (QED) is 0.378. The molecule has 0 saturated carbocycles. The molecular weight excluding hydrogens is 264 g/mol. The van der Waals surface area contributed by atoms with Gasteiger partial charge in [0, 0.05) is 2.74 Å². The van der Waals surface area contributed by atoms with Crippen molar-refractivity contribution in [2.75, 3.05) is 0 Å². The van der Waals surface area contributed by atoms with Crippen LogP contribution in [0.4, 0.5) is 0 Å². The van der Waals surface area contributed by atoms with Gasteiger partial charge in [0.2, 0.25) is 0 Å². The predicted molar refractivity (Wildman–Crippen MR) is 94.4 cm³/mol. The number of rotatable bonds is 0. The standard InChI is InChI=1S/C22H16/c1-14-9-10-17-12-18-11-15-5-2-3-6-16(15)13-21(18)20-8-4-7-19(14)22(17)20/h2-11,13H,12H2,1H3/i12D2. The molecule has 0 radical (unpaired) electrons. The van der Waals surface area contributed by atoms with Gasteiger partial charge in [-0.05, 0) is 68.7 Å². The number of hydrogen-bond acceptors (Lipinski definition) is 0. The summed E-state index contributed by atoms with van der Waals surface area (Å²) in [5, 5.41) is 4.45. The highest BCUT2D eigenvalue weighted by Crippen LogP contribution is 2.41. The normalized spacial score (nSPS) is 16.2. The van der Waals surface area contributed by atoms with E-state index in [1.54, 1.807) is 0 Å². The van der Waals surface area contributed by atoms with Crippen LogP contribution in [-0.4, -0.2) is 0 Å². The van der Waals surface area contributed by atoms with Crippen molar-refractivity contribution in [2.24, 2.45) is 0 Å². The van der Waals surface area contributed by atoms with E-state index in [0.717, 1.165) is 43.8 Å². The number of benzene rings is 4. The first-order valence-electron chi connectivity index (χ1n) is 8.64. The lowest BCUT2D eigenvalue weighted by Gasteiger charge is -2.22. The fourth-order valence-corrected chi connectivity index (χ4v) is 3.59. The lowest BCUT2D eigenvalue weighted by atomic mass is 9.81. The minimum atomic E-state index is -1.49. The van der Waals surface area contributed by atoms with Gasteiger partial charge in [0.05, 0.1) is 0 Å². The molecule has 0 heterocycles. The Kier molecular flexibility index (Phi) is 1.95. The molecule has 0 N–H and O–H groups in total. The molecule has 1 aliphatic carbocycles. The summed E-state index contributed by atoms with van der Waals surface area (Å²) in [6.45, 7) is 2.09. The summed E-state index contributed by atoms with van der Waals surface area (Å²) in [5.74, 6) is 0. The fourth-order valence-electron chi connectivity index (χ4n) is 3.59. The van der Waals surface area contributed by atoms with E-state index < -0.39 is 6.37 Å². The second-order valence-electron chi connectivity index (χ2n) is 6.03. The number of hydrogen-bond donors (Lipinski definition) is 0. The third kappa shape index (κ3) is 1.52. The van der Waals surface area contributed by atoms with Gasteiger partial charge >= 0.3 is 0 Å². The minimum absolute atomic E-state index is 0.769. The fraction of sp³-hybridized carbons (Fsp3) is 0.0909. The molecule has 0 amide bonds. The average molecular weight is 282 g/mol. The van der Waals surface area contributed by atoms with Crippen LogP contribution < -0.4 is 0 Å². The zero-order valence-electron chi connectivity index (χ0n) is 14.4. The molecule has 0 aromatic heterocycles. The van der Waals surface area contributed by atoms with E-state index in [-0.39, 0.29) is 0 Å². The van der Waals surface area contributed by atoms with Gasteiger partial charge in [-0.1, -0.05) is 60.7 Å². The lowest BCUT2D eigenvalue weighted by molar-refractivity contribution is 1.20. The summed E-state index contributed by atoms with van der Waals surface area (Å²) < 4.78 is 17.7. The smallest absolute Gasteiger partial charge is 0.0366 e. The molecule has 0 aliphatic heterocycles. The predicted octanol–water partition coefficient (Wildman–Crippen LogP) is 5.87. The Bertz CT molecular complexity index is 1140. The van der Waals surface area contributed by atoms with Gasteiger partial charge in [0.15, 0.2) is 0 Å². The molecule has 104 valence electrons. The summed E-state index contributed by atoms with van der Waals surface area (Å²) in [5.41, 5.74) is 4.90. The van der Waals surface area contributed by atoms with Crippen molar-refractivity contribution in [2.45, 2.75) is 13.3 Å². The molecule has 0 spiro atoms. The SMILES string of the molecule is [2H]C1([2H])c2cc3ccccc3cc2-c2cccc3c(C)ccc1c23. The van der Waals surface area contributed by atoms with E-state index in [9.17, 15) is 0 Å². The van der Waals surface area contributed by atoms with E-state index in [2.05, 4.69) is 43.3 Å². The maximum absolute atomic E-state index is 8.84. The van der Waals surface area contributed by atoms with Crippen molar-refractivity contribution >= 4 is 21.5 Å². The number of fused-ring (bicyclic) bond motifs is 3. The molecule has 0 heteroatoms. The summed E-state index contributed by atoms with van der Waals surface area (Å²) in [7, 11) is 0. The zero-order chi connectivity index (χ0) is 16.5. The van der Waals surface area contributed by atoms with Crippen LogP contribution >= 0.6 is 0 Å². The zero-order valence-corrected chi connectivity index (χ0v) is 12.4. The summed E-state index contributed by atoms with van der Waals surface area (Å²) in [4.78, 5) is 0. The van der Waals surface area contributed by atoms with Gasteiger partial charge in [0.25, 0.3) is 0 Å². The van der Waals surface area contributed by atoms with Crippen molar-refractivity contribution in [3.8, 4) is 11.1 Å². The minimum Gasteiger partial charge on any atom is -0.0616 e. The molecule has 4 aromatic carbocycles. The van der Waals surface area contributed by atoms with E-state index in [0.29, 0.717) is 0 Å². The summed E-state index contributed by atoms with van der Waals surface area (Å²) in [6, 6.07) is 22.6. The van der Waals surface area contributed by atoms with Gasteiger partial charge in [-0.3, -0.25) is 0 Å². The highest BCUT2D eigenvalue weighted by Gasteiger charge is 2.19. The molecule has 0 saturated heterocycles. The van der Waals surface area contributed by atoms with Gasteiger partial charge in [0.1, 0.15) is 0 Å². The van der Waals surface area contributed by atoms with Crippen molar-refractivity contribution in [1.29, 1.82) is 0 Å². The molecule has 0 bridgehead atoms. The Morgan fingerprint density at radius 1 is 0.773 bits per heavy atom. The van der Waals surface area contributed by atoms with Crippen LogP contribution in [0.3, 0.4) is 0 Å². The van der Waals surface area contributed by atoms with Crippen LogP contribution in [0.2, 0.25) is 0 Å². The Morgan fingerprint density at radius 3 is 2.45 bits per heavy atom. The van der Waals surface area contributed by atoms with E-state index in [1.165, 1.54) is 5.56 Å². The van der Waals surface area contributed by atoms with E-state index >= 15 is 0 Å². The summed E-state index contributed by atoms with van der Waals surface area (Å²) in [6.07, 6.45) is -1.49. The molecule has 0 fully saturated rings. The highest BCUT2D eigenvalue weighted by atomic mass is 14.2. The van der Waals surface area contributed by atoms with Crippen LogP contribution in [-0.2, 0) is 6.37 Å². The number of aryl methyl sites for hydroxylation is 1. The second kappa shape index (κ2) is 4.20. The monoisotopic (exact) mass is 282 g/mol. The highest BCUT2D eigenvalue weighted by molar-refractivity contribution is 6.05. The van der Waals surface area contributed by atoms with Crippen molar-refractivity contribution in [3.05, 3.63) is 83.4 Å². The molecule has 1 aliphatic rings. The maximum Gasteiger partial charge on any atom is 0.0366 e.